The van der Waals surface area contributed by atoms with E-state index in [9.17, 15) is 4.79 Å². The van der Waals surface area contributed by atoms with E-state index >= 15 is 0 Å². The van der Waals surface area contributed by atoms with E-state index in [0.717, 1.165) is 30.3 Å². The molecule has 88 valence electrons. The lowest BCUT2D eigenvalue weighted by molar-refractivity contribution is 0.196. The first-order valence-electron chi connectivity index (χ1n) is 5.27. The summed E-state index contributed by atoms with van der Waals surface area (Å²) in [6.45, 7) is 4.95. The summed E-state index contributed by atoms with van der Waals surface area (Å²) in [6.07, 6.45) is 0. The molecule has 1 aromatic heterocycles. The molecule has 1 saturated heterocycles. The van der Waals surface area contributed by atoms with Crippen LogP contribution in [0.3, 0.4) is 0 Å². The van der Waals surface area contributed by atoms with Crippen LogP contribution in [0.5, 0.6) is 0 Å². The van der Waals surface area contributed by atoms with E-state index in [1.807, 2.05) is 14.0 Å². The molecule has 1 aliphatic heterocycles. The van der Waals surface area contributed by atoms with Crippen molar-refractivity contribution in [3.63, 3.8) is 0 Å². The van der Waals surface area contributed by atoms with Crippen LogP contribution in [-0.4, -0.2) is 52.1 Å². The van der Waals surface area contributed by atoms with Crippen LogP contribution in [0.25, 0.3) is 0 Å². The maximum Gasteiger partial charge on any atom is 0.320 e. The Morgan fingerprint density at radius 1 is 1.50 bits per heavy atom. The van der Waals surface area contributed by atoms with E-state index in [4.69, 9.17) is 0 Å². The van der Waals surface area contributed by atoms with Gasteiger partial charge < -0.3 is 15.1 Å². The summed E-state index contributed by atoms with van der Waals surface area (Å²) in [4.78, 5) is 15.2. The highest BCUT2D eigenvalue weighted by atomic mass is 32.1. The predicted octanol–water partition coefficient (Wildman–Crippen LogP) is 0.837. The molecular weight excluding hydrogens is 226 g/mol. The molecule has 7 heteroatoms. The highest BCUT2D eigenvalue weighted by Crippen LogP contribution is 2.20. The van der Waals surface area contributed by atoms with Gasteiger partial charge in [-0.2, -0.15) is 0 Å². The molecule has 2 amide bonds. The Morgan fingerprint density at radius 2 is 2.31 bits per heavy atom. The fraction of sp³-hybridized carbons (Fsp3) is 0.667. The van der Waals surface area contributed by atoms with E-state index in [0.29, 0.717) is 6.54 Å². The van der Waals surface area contributed by atoms with Gasteiger partial charge in [0, 0.05) is 38.2 Å². The van der Waals surface area contributed by atoms with Gasteiger partial charge in [0.05, 0.1) is 6.54 Å². The maximum atomic E-state index is 11.7. The van der Waals surface area contributed by atoms with Gasteiger partial charge in [-0.15, -0.1) is 5.10 Å². The zero-order valence-electron chi connectivity index (χ0n) is 9.43. The zero-order valence-corrected chi connectivity index (χ0v) is 10.3. The van der Waals surface area contributed by atoms with Crippen LogP contribution in [-0.2, 0) is 6.54 Å². The second-order valence-corrected chi connectivity index (χ2v) is 4.46. The Labute approximate surface area is 98.4 Å². The first kappa shape index (κ1) is 11.1. The smallest absolute Gasteiger partial charge is 0.320 e. The first-order valence-corrected chi connectivity index (χ1v) is 6.05. The van der Waals surface area contributed by atoms with Gasteiger partial charge in [0.1, 0.15) is 10.7 Å². The number of amides is 2. The number of aromatic nitrogens is 2. The number of rotatable bonds is 4. The monoisotopic (exact) mass is 241 g/mol. The van der Waals surface area contributed by atoms with E-state index in [2.05, 4.69) is 14.9 Å². The summed E-state index contributed by atoms with van der Waals surface area (Å²) in [5, 5.41) is 8.21. The van der Waals surface area contributed by atoms with Crippen molar-refractivity contribution >= 4 is 22.6 Å². The van der Waals surface area contributed by atoms with Crippen molar-refractivity contribution in [1.29, 1.82) is 0 Å². The molecule has 6 nitrogen and oxygen atoms in total. The molecule has 16 heavy (non-hydrogen) atoms. The Morgan fingerprint density at radius 3 is 2.94 bits per heavy atom. The molecule has 0 unspecified atom stereocenters. The van der Waals surface area contributed by atoms with Gasteiger partial charge in [0.2, 0.25) is 0 Å². The van der Waals surface area contributed by atoms with Gasteiger partial charge in [-0.05, 0) is 6.92 Å². The number of carbonyl (C=O) groups is 1. The van der Waals surface area contributed by atoms with Gasteiger partial charge in [0.15, 0.2) is 0 Å². The molecule has 1 aromatic rings. The summed E-state index contributed by atoms with van der Waals surface area (Å²) >= 11 is 1.34. The number of hydrogen-bond donors (Lipinski definition) is 1. The lowest BCUT2D eigenvalue weighted by Crippen LogP contribution is -2.29. The molecule has 1 fully saturated rings. The number of nitrogens with zero attached hydrogens (tertiary/aromatic N) is 4. The fourth-order valence-electron chi connectivity index (χ4n) is 1.64. The minimum atomic E-state index is 0.0652. The van der Waals surface area contributed by atoms with Crippen LogP contribution in [0, 0.1) is 0 Å². The maximum absolute atomic E-state index is 11.7. The van der Waals surface area contributed by atoms with Crippen LogP contribution >= 0.6 is 11.5 Å². The Bertz CT molecular complexity index is 380. The van der Waals surface area contributed by atoms with Crippen LogP contribution in [0.2, 0.25) is 0 Å². The molecule has 0 spiro atoms. The molecule has 0 aliphatic carbocycles. The second kappa shape index (κ2) is 4.65. The quantitative estimate of drug-likeness (QED) is 0.848. The van der Waals surface area contributed by atoms with Crippen LogP contribution < -0.4 is 5.32 Å². The summed E-state index contributed by atoms with van der Waals surface area (Å²) in [6, 6.07) is 0.0652. The average Bonchev–Trinajstić information content (AvgIpc) is 2.82. The number of anilines is 1. The summed E-state index contributed by atoms with van der Waals surface area (Å²) in [5.41, 5.74) is 0.857. The predicted molar refractivity (Wildman–Crippen MR) is 62.5 cm³/mol. The van der Waals surface area contributed by atoms with Crippen LogP contribution in [0.15, 0.2) is 0 Å². The van der Waals surface area contributed by atoms with Gasteiger partial charge in [-0.3, -0.25) is 0 Å². The van der Waals surface area contributed by atoms with Crippen LogP contribution in [0.4, 0.5) is 9.80 Å². The molecule has 0 atom stereocenters. The summed E-state index contributed by atoms with van der Waals surface area (Å²) in [7, 11) is 1.81. The van der Waals surface area contributed by atoms with Gasteiger partial charge in [0.25, 0.3) is 0 Å². The van der Waals surface area contributed by atoms with E-state index in [1.165, 1.54) is 11.5 Å². The van der Waals surface area contributed by atoms with Crippen molar-refractivity contribution in [3.8, 4) is 0 Å². The fourth-order valence-corrected chi connectivity index (χ4v) is 2.28. The normalized spacial score (nSPS) is 16.0. The molecule has 2 rings (SSSR count). The largest absolute Gasteiger partial charge is 0.374 e. The van der Waals surface area contributed by atoms with Crippen molar-refractivity contribution in [2.45, 2.75) is 13.5 Å². The number of likely N-dealkylation sites (N-methyl/N-ethyl adjacent to an activating group) is 1. The lowest BCUT2D eigenvalue weighted by Gasteiger charge is -2.14. The topological polar surface area (TPSA) is 61.4 Å². The van der Waals surface area contributed by atoms with Crippen LogP contribution in [0.1, 0.15) is 12.6 Å². The number of carbonyl (C=O) groups excluding carboxylic acids is 1. The molecule has 0 radical (unpaired) electrons. The van der Waals surface area contributed by atoms with Crippen molar-refractivity contribution in [2.75, 3.05) is 32.0 Å². The summed E-state index contributed by atoms with van der Waals surface area (Å²) in [5.74, 6) is 0. The standard InChI is InChI=1S/C9H15N5OS/c1-3-10-8-7(11-12-16-8)6-14-5-4-13(2)9(14)15/h10H,3-6H2,1-2H3. The molecule has 1 N–H and O–H groups in total. The zero-order chi connectivity index (χ0) is 11.5. The summed E-state index contributed by atoms with van der Waals surface area (Å²) < 4.78 is 3.90. The third-order valence-electron chi connectivity index (χ3n) is 2.54. The van der Waals surface area contributed by atoms with Crippen molar-refractivity contribution in [3.05, 3.63) is 5.69 Å². The van der Waals surface area contributed by atoms with Crippen molar-refractivity contribution < 1.29 is 4.79 Å². The lowest BCUT2D eigenvalue weighted by atomic mass is 10.4. The minimum absolute atomic E-state index is 0.0652. The van der Waals surface area contributed by atoms with E-state index < -0.39 is 0 Å². The molecular formula is C9H15N5OS. The first-order chi connectivity index (χ1) is 7.72. The minimum Gasteiger partial charge on any atom is -0.374 e. The van der Waals surface area contributed by atoms with Gasteiger partial charge in [-0.1, -0.05) is 4.49 Å². The van der Waals surface area contributed by atoms with Gasteiger partial charge in [-0.25, -0.2) is 4.79 Å². The Hall–Kier alpha value is -1.37. The van der Waals surface area contributed by atoms with Crippen molar-refractivity contribution in [1.82, 2.24) is 19.4 Å². The highest BCUT2D eigenvalue weighted by Gasteiger charge is 2.26. The molecule has 0 aromatic carbocycles. The third-order valence-corrected chi connectivity index (χ3v) is 3.26. The van der Waals surface area contributed by atoms with E-state index in [-0.39, 0.29) is 6.03 Å². The average molecular weight is 241 g/mol. The van der Waals surface area contributed by atoms with E-state index in [1.54, 1.807) is 9.80 Å². The highest BCUT2D eigenvalue weighted by molar-refractivity contribution is 7.10. The second-order valence-electron chi connectivity index (χ2n) is 3.70. The SMILES string of the molecule is CCNc1snnc1CN1CCN(C)C1=O. The Balaban J connectivity index is 2.03. The Kier molecular flexibility index (Phi) is 3.23. The van der Waals surface area contributed by atoms with Gasteiger partial charge >= 0.3 is 6.03 Å². The molecule has 0 saturated carbocycles. The number of nitrogens with one attached hydrogen (secondary N) is 1. The molecule has 0 bridgehead atoms. The third kappa shape index (κ3) is 2.08. The number of hydrogen-bond acceptors (Lipinski definition) is 5. The number of urea groups is 1. The van der Waals surface area contributed by atoms with Crippen molar-refractivity contribution in [2.24, 2.45) is 0 Å². The molecule has 2 heterocycles. The molecule has 1 aliphatic rings.